The third-order valence-electron chi connectivity index (χ3n) is 6.98. The molecule has 2 aromatic carbocycles. The number of nitrogens with one attached hydrogen (secondary N) is 1. The van der Waals surface area contributed by atoms with Crippen molar-refractivity contribution in [3.8, 4) is 0 Å². The largest absolute Gasteiger partial charge is 0.348 e. The molecule has 1 aromatic heterocycles. The summed E-state index contributed by atoms with van der Waals surface area (Å²) in [7, 11) is 0. The van der Waals surface area contributed by atoms with Gasteiger partial charge in [0.15, 0.2) is 0 Å². The van der Waals surface area contributed by atoms with Crippen molar-refractivity contribution in [1.29, 1.82) is 0 Å². The molecule has 0 atom stereocenters. The van der Waals surface area contributed by atoms with Gasteiger partial charge in [-0.25, -0.2) is 0 Å². The second-order valence-corrected chi connectivity index (χ2v) is 9.72. The minimum Gasteiger partial charge on any atom is -0.348 e. The van der Waals surface area contributed by atoms with Crippen LogP contribution in [-0.4, -0.2) is 35.0 Å². The molecular formula is C28H36ClN3O. The van der Waals surface area contributed by atoms with E-state index in [1.165, 1.54) is 45.2 Å². The van der Waals surface area contributed by atoms with Crippen molar-refractivity contribution >= 4 is 28.4 Å². The number of halogens is 1. The molecule has 2 heterocycles. The van der Waals surface area contributed by atoms with E-state index < -0.39 is 0 Å². The van der Waals surface area contributed by atoms with E-state index in [0.29, 0.717) is 11.6 Å². The fraction of sp³-hybridized carbons (Fsp3) is 0.464. The molecule has 33 heavy (non-hydrogen) atoms. The van der Waals surface area contributed by atoms with Crippen LogP contribution in [0.3, 0.4) is 0 Å². The van der Waals surface area contributed by atoms with Crippen molar-refractivity contribution < 1.29 is 4.79 Å². The summed E-state index contributed by atoms with van der Waals surface area (Å²) >= 11 is 6.24. The number of para-hydroxylation sites is 1. The Morgan fingerprint density at radius 1 is 1.03 bits per heavy atom. The molecule has 176 valence electrons. The maximum absolute atomic E-state index is 13.0. The van der Waals surface area contributed by atoms with E-state index in [1.54, 1.807) is 0 Å². The molecule has 1 N–H and O–H groups in total. The number of aromatic nitrogens is 1. The number of amides is 1. The van der Waals surface area contributed by atoms with Crippen molar-refractivity contribution in [3.05, 3.63) is 70.9 Å². The van der Waals surface area contributed by atoms with Crippen LogP contribution in [0.25, 0.3) is 10.9 Å². The lowest BCUT2D eigenvalue weighted by atomic mass is 9.91. The molecule has 1 saturated heterocycles. The Bertz CT molecular complexity index is 1050. The van der Waals surface area contributed by atoms with Crippen LogP contribution < -0.4 is 5.32 Å². The molecule has 0 unspecified atom stereocenters. The lowest BCUT2D eigenvalue weighted by molar-refractivity contribution is 0.0952. The molecule has 1 amide bonds. The first-order valence-electron chi connectivity index (χ1n) is 12.5. The van der Waals surface area contributed by atoms with Gasteiger partial charge in [-0.3, -0.25) is 4.79 Å². The number of likely N-dealkylation sites (tertiary alicyclic amines) is 1. The van der Waals surface area contributed by atoms with Crippen LogP contribution in [0.2, 0.25) is 5.02 Å². The van der Waals surface area contributed by atoms with Crippen LogP contribution >= 0.6 is 11.6 Å². The molecule has 0 spiro atoms. The zero-order chi connectivity index (χ0) is 23.0. The van der Waals surface area contributed by atoms with Gasteiger partial charge >= 0.3 is 0 Å². The van der Waals surface area contributed by atoms with E-state index in [2.05, 4.69) is 27.8 Å². The molecule has 4 nitrogen and oxygen atoms in total. The van der Waals surface area contributed by atoms with Crippen LogP contribution in [0.15, 0.2) is 54.7 Å². The van der Waals surface area contributed by atoms with E-state index in [0.717, 1.165) is 47.5 Å². The standard InChI is InChI=1S/C28H36ClN3O/c1-2-3-9-22-14-18-31(19-15-22)16-8-17-32-21-25(24-11-5-7-13-27(24)32)28(33)30-20-23-10-4-6-12-26(23)29/h4-7,10-13,21-22H,2-3,8-9,14-20H2,1H3,(H,30,33). The van der Waals surface area contributed by atoms with Gasteiger partial charge in [0.25, 0.3) is 5.91 Å². The molecule has 0 radical (unpaired) electrons. The third kappa shape index (κ3) is 6.18. The molecule has 1 fully saturated rings. The second kappa shape index (κ2) is 11.7. The number of benzene rings is 2. The van der Waals surface area contributed by atoms with Crippen LogP contribution in [-0.2, 0) is 13.1 Å². The fourth-order valence-electron chi connectivity index (χ4n) is 4.98. The van der Waals surface area contributed by atoms with E-state index in [-0.39, 0.29) is 5.91 Å². The van der Waals surface area contributed by atoms with Crippen molar-refractivity contribution in [3.63, 3.8) is 0 Å². The molecule has 5 heteroatoms. The Kier molecular flexibility index (Phi) is 8.46. The average Bonchev–Trinajstić information content (AvgIpc) is 3.22. The van der Waals surface area contributed by atoms with Crippen LogP contribution in [0.4, 0.5) is 0 Å². The highest BCUT2D eigenvalue weighted by Gasteiger charge is 2.19. The molecule has 0 saturated carbocycles. The molecule has 1 aliphatic rings. The highest BCUT2D eigenvalue weighted by Crippen LogP contribution is 2.24. The van der Waals surface area contributed by atoms with Gasteiger partial charge in [0.2, 0.25) is 0 Å². The van der Waals surface area contributed by atoms with E-state index in [9.17, 15) is 4.79 Å². The van der Waals surface area contributed by atoms with Crippen molar-refractivity contribution in [2.75, 3.05) is 19.6 Å². The predicted octanol–water partition coefficient (Wildman–Crippen LogP) is 6.52. The summed E-state index contributed by atoms with van der Waals surface area (Å²) in [5, 5.41) is 4.72. The monoisotopic (exact) mass is 465 g/mol. The summed E-state index contributed by atoms with van der Waals surface area (Å²) in [6, 6.07) is 15.8. The first-order chi connectivity index (χ1) is 16.2. The topological polar surface area (TPSA) is 37.3 Å². The fourth-order valence-corrected chi connectivity index (χ4v) is 5.18. The summed E-state index contributed by atoms with van der Waals surface area (Å²) in [5.41, 5.74) is 2.78. The average molecular weight is 466 g/mol. The molecule has 4 rings (SSSR count). The van der Waals surface area contributed by atoms with E-state index >= 15 is 0 Å². The molecule has 0 bridgehead atoms. The highest BCUT2D eigenvalue weighted by atomic mass is 35.5. The summed E-state index contributed by atoms with van der Waals surface area (Å²) < 4.78 is 2.24. The summed E-state index contributed by atoms with van der Waals surface area (Å²) in [4.78, 5) is 15.6. The Hall–Kier alpha value is -2.30. The molecule has 0 aliphatic carbocycles. The van der Waals surface area contributed by atoms with Gasteiger partial charge in [-0.2, -0.15) is 0 Å². The van der Waals surface area contributed by atoms with E-state index in [4.69, 9.17) is 11.6 Å². The Balaban J connectivity index is 1.34. The number of aryl methyl sites for hydroxylation is 1. The SMILES string of the molecule is CCCCC1CCN(CCCn2cc(C(=O)NCc3ccccc3Cl)c3ccccc32)CC1. The normalized spacial score (nSPS) is 15.2. The van der Waals surface area contributed by atoms with Crippen molar-refractivity contribution in [2.24, 2.45) is 5.92 Å². The van der Waals surface area contributed by atoms with Gasteiger partial charge in [0.05, 0.1) is 5.56 Å². The number of carbonyl (C=O) groups is 1. The Labute approximate surface area is 202 Å². The zero-order valence-corrected chi connectivity index (χ0v) is 20.5. The Morgan fingerprint density at radius 2 is 1.79 bits per heavy atom. The first kappa shape index (κ1) is 23.8. The number of fused-ring (bicyclic) bond motifs is 1. The van der Waals surface area contributed by atoms with Gasteiger partial charge in [0, 0.05) is 35.2 Å². The van der Waals surface area contributed by atoms with Gasteiger partial charge in [-0.05, 0) is 62.5 Å². The van der Waals surface area contributed by atoms with Crippen molar-refractivity contribution in [2.45, 2.75) is 58.5 Å². The van der Waals surface area contributed by atoms with Gasteiger partial charge < -0.3 is 14.8 Å². The minimum atomic E-state index is -0.0565. The summed E-state index contributed by atoms with van der Waals surface area (Å²) in [5.74, 6) is 0.875. The number of hydrogen-bond acceptors (Lipinski definition) is 2. The minimum absolute atomic E-state index is 0.0565. The van der Waals surface area contributed by atoms with Gasteiger partial charge in [0.1, 0.15) is 0 Å². The zero-order valence-electron chi connectivity index (χ0n) is 19.7. The van der Waals surface area contributed by atoms with E-state index in [1.807, 2.05) is 48.7 Å². The predicted molar refractivity (Wildman–Crippen MR) is 138 cm³/mol. The van der Waals surface area contributed by atoms with Crippen molar-refractivity contribution in [1.82, 2.24) is 14.8 Å². The van der Waals surface area contributed by atoms with Crippen LogP contribution in [0.1, 0.15) is 61.4 Å². The number of unbranched alkanes of at least 4 members (excludes halogenated alkanes) is 1. The van der Waals surface area contributed by atoms with Crippen LogP contribution in [0.5, 0.6) is 0 Å². The maximum atomic E-state index is 13.0. The third-order valence-corrected chi connectivity index (χ3v) is 7.35. The molecule has 1 aliphatic heterocycles. The summed E-state index contributed by atoms with van der Waals surface area (Å²) in [6.45, 7) is 7.22. The first-order valence-corrected chi connectivity index (χ1v) is 12.9. The van der Waals surface area contributed by atoms with Gasteiger partial charge in [-0.15, -0.1) is 0 Å². The molecule has 3 aromatic rings. The number of carbonyl (C=O) groups excluding carboxylic acids is 1. The lowest BCUT2D eigenvalue weighted by Gasteiger charge is -2.32. The number of rotatable bonds is 10. The lowest BCUT2D eigenvalue weighted by Crippen LogP contribution is -2.34. The quantitative estimate of drug-likeness (QED) is 0.370. The maximum Gasteiger partial charge on any atom is 0.253 e. The number of nitrogens with zero attached hydrogens (tertiary/aromatic N) is 2. The second-order valence-electron chi connectivity index (χ2n) is 9.31. The summed E-state index contributed by atoms with van der Waals surface area (Å²) in [6.07, 6.45) is 9.90. The number of hydrogen-bond donors (Lipinski definition) is 1. The van der Waals surface area contributed by atoms with Gasteiger partial charge in [-0.1, -0.05) is 74.2 Å². The number of piperidine rings is 1. The smallest absolute Gasteiger partial charge is 0.253 e. The molecular weight excluding hydrogens is 430 g/mol. The highest BCUT2D eigenvalue weighted by molar-refractivity contribution is 6.31. The van der Waals surface area contributed by atoms with Crippen LogP contribution in [0, 0.1) is 5.92 Å². The Morgan fingerprint density at radius 3 is 2.58 bits per heavy atom.